The summed E-state index contributed by atoms with van der Waals surface area (Å²) in [6.07, 6.45) is 2.84. The molecule has 1 aromatic carbocycles. The number of alkyl halides is 1. The number of halogens is 1. The van der Waals surface area contributed by atoms with Gasteiger partial charge in [-0.1, -0.05) is 6.92 Å². The molecule has 3 nitrogen and oxygen atoms in total. The van der Waals surface area contributed by atoms with Gasteiger partial charge < -0.3 is 4.90 Å². The number of nitrogens with zero attached hydrogens (tertiary/aromatic N) is 1. The van der Waals surface area contributed by atoms with Crippen molar-refractivity contribution in [1.82, 2.24) is 0 Å². The molecule has 118 valence electrons. The Labute approximate surface area is 133 Å². The van der Waals surface area contributed by atoms with E-state index < -0.39 is 9.84 Å². The van der Waals surface area contributed by atoms with Crippen LogP contribution in [0.25, 0.3) is 0 Å². The maximum absolute atomic E-state index is 12.0. The van der Waals surface area contributed by atoms with Crippen molar-refractivity contribution in [3.05, 3.63) is 24.3 Å². The highest BCUT2D eigenvalue weighted by Gasteiger charge is 2.23. The van der Waals surface area contributed by atoms with Crippen molar-refractivity contribution >= 4 is 27.1 Å². The number of hydrogen-bond acceptors (Lipinski definition) is 3. The molecule has 1 heterocycles. The van der Waals surface area contributed by atoms with Gasteiger partial charge in [-0.15, -0.1) is 11.6 Å². The topological polar surface area (TPSA) is 37.4 Å². The minimum Gasteiger partial charge on any atom is -0.372 e. The summed E-state index contributed by atoms with van der Waals surface area (Å²) < 4.78 is 24.0. The molecule has 0 saturated carbocycles. The normalized spacial score (nSPS) is 18.7. The molecule has 2 rings (SSSR count). The lowest BCUT2D eigenvalue weighted by molar-refractivity contribution is 0.400. The highest BCUT2D eigenvalue weighted by atomic mass is 35.5. The molecule has 1 aromatic rings. The van der Waals surface area contributed by atoms with Gasteiger partial charge in [0.05, 0.1) is 10.6 Å². The lowest BCUT2D eigenvalue weighted by atomic mass is 9.94. The Morgan fingerprint density at radius 2 is 1.81 bits per heavy atom. The third-order valence-electron chi connectivity index (χ3n) is 4.22. The lowest BCUT2D eigenvalue weighted by Crippen LogP contribution is -2.35. The first-order valence-electron chi connectivity index (χ1n) is 7.66. The van der Waals surface area contributed by atoms with Gasteiger partial charge in [-0.05, 0) is 56.4 Å². The predicted octanol–water partition coefficient (Wildman–Crippen LogP) is 3.71. The van der Waals surface area contributed by atoms with Crippen LogP contribution in [-0.2, 0) is 9.84 Å². The highest BCUT2D eigenvalue weighted by molar-refractivity contribution is 7.91. The first-order chi connectivity index (χ1) is 9.94. The molecule has 0 radical (unpaired) electrons. The summed E-state index contributed by atoms with van der Waals surface area (Å²) in [5.41, 5.74) is 1.10. The van der Waals surface area contributed by atoms with Crippen molar-refractivity contribution in [3.63, 3.8) is 0 Å². The van der Waals surface area contributed by atoms with E-state index >= 15 is 0 Å². The molecule has 21 heavy (non-hydrogen) atoms. The highest BCUT2D eigenvalue weighted by Crippen LogP contribution is 2.28. The van der Waals surface area contributed by atoms with E-state index in [0.717, 1.165) is 31.6 Å². The average Bonchev–Trinajstić information content (AvgIpc) is 2.47. The minimum absolute atomic E-state index is 0.214. The fourth-order valence-corrected chi connectivity index (χ4v) is 4.44. The molecule has 1 fully saturated rings. The van der Waals surface area contributed by atoms with Crippen LogP contribution in [0.4, 0.5) is 5.69 Å². The molecule has 1 saturated heterocycles. The first-order valence-corrected chi connectivity index (χ1v) is 9.74. The summed E-state index contributed by atoms with van der Waals surface area (Å²) in [4.78, 5) is 2.74. The molecule has 1 atom stereocenters. The van der Waals surface area contributed by atoms with Crippen molar-refractivity contribution in [2.75, 3.05) is 23.7 Å². The van der Waals surface area contributed by atoms with E-state index in [1.165, 1.54) is 0 Å². The van der Waals surface area contributed by atoms with Gasteiger partial charge >= 0.3 is 0 Å². The first kappa shape index (κ1) is 16.6. The van der Waals surface area contributed by atoms with Crippen LogP contribution in [0.3, 0.4) is 0 Å². The SMILES string of the molecule is CCCS(=O)(=O)c1ccc(N2CCC(C(C)Cl)CC2)cc1. The number of anilines is 1. The van der Waals surface area contributed by atoms with E-state index in [-0.39, 0.29) is 11.1 Å². The summed E-state index contributed by atoms with van der Waals surface area (Å²) in [6.45, 7) is 5.93. The summed E-state index contributed by atoms with van der Waals surface area (Å²) in [7, 11) is -3.11. The zero-order valence-corrected chi connectivity index (χ0v) is 14.3. The zero-order chi connectivity index (χ0) is 15.5. The third kappa shape index (κ3) is 4.13. The smallest absolute Gasteiger partial charge is 0.178 e. The molecule has 1 unspecified atom stereocenters. The van der Waals surface area contributed by atoms with Gasteiger partial charge in [-0.3, -0.25) is 0 Å². The fourth-order valence-electron chi connectivity index (χ4n) is 2.87. The molecular formula is C16H24ClNO2S. The van der Waals surface area contributed by atoms with Crippen LogP contribution in [0, 0.1) is 5.92 Å². The molecule has 0 amide bonds. The van der Waals surface area contributed by atoms with E-state index in [9.17, 15) is 8.42 Å². The van der Waals surface area contributed by atoms with Gasteiger partial charge in [0, 0.05) is 24.2 Å². The second-order valence-electron chi connectivity index (χ2n) is 5.81. The monoisotopic (exact) mass is 329 g/mol. The molecule has 0 bridgehead atoms. The molecule has 1 aliphatic rings. The third-order valence-corrected chi connectivity index (χ3v) is 6.52. The van der Waals surface area contributed by atoms with Crippen LogP contribution in [0.15, 0.2) is 29.2 Å². The van der Waals surface area contributed by atoms with Gasteiger partial charge in [0.15, 0.2) is 9.84 Å². The summed E-state index contributed by atoms with van der Waals surface area (Å²) in [5.74, 6) is 0.804. The van der Waals surface area contributed by atoms with Gasteiger partial charge in [0.2, 0.25) is 0 Å². The van der Waals surface area contributed by atoms with Gasteiger partial charge in [-0.25, -0.2) is 8.42 Å². The second-order valence-corrected chi connectivity index (χ2v) is 8.61. The summed E-state index contributed by atoms with van der Waals surface area (Å²) in [5, 5.41) is 0.230. The summed E-state index contributed by atoms with van der Waals surface area (Å²) in [6, 6.07) is 7.31. The molecule has 0 aliphatic carbocycles. The van der Waals surface area contributed by atoms with Crippen LogP contribution < -0.4 is 4.90 Å². The molecule has 0 aromatic heterocycles. The Balaban J connectivity index is 2.04. The van der Waals surface area contributed by atoms with Crippen LogP contribution in [-0.4, -0.2) is 32.6 Å². The number of piperidine rings is 1. The van der Waals surface area contributed by atoms with E-state index in [1.807, 2.05) is 19.1 Å². The van der Waals surface area contributed by atoms with Crippen LogP contribution in [0.1, 0.15) is 33.1 Å². The van der Waals surface area contributed by atoms with Gasteiger partial charge in [-0.2, -0.15) is 0 Å². The Hall–Kier alpha value is -0.740. The molecule has 0 spiro atoms. The maximum Gasteiger partial charge on any atom is 0.178 e. The number of benzene rings is 1. The molecule has 5 heteroatoms. The Kier molecular flexibility index (Phi) is 5.55. The van der Waals surface area contributed by atoms with Crippen molar-refractivity contribution in [3.8, 4) is 0 Å². The standard InChI is InChI=1S/C16H24ClNO2S/c1-3-12-21(19,20)16-6-4-15(5-7-16)18-10-8-14(9-11-18)13(2)17/h4-7,13-14H,3,8-12H2,1-2H3. The average molecular weight is 330 g/mol. The summed E-state index contributed by atoms with van der Waals surface area (Å²) >= 11 is 6.17. The van der Waals surface area contributed by atoms with Crippen molar-refractivity contribution in [1.29, 1.82) is 0 Å². The Morgan fingerprint density at radius 1 is 1.24 bits per heavy atom. The Morgan fingerprint density at radius 3 is 2.29 bits per heavy atom. The number of rotatable bonds is 5. The van der Waals surface area contributed by atoms with Crippen LogP contribution in [0.2, 0.25) is 0 Å². The van der Waals surface area contributed by atoms with E-state index in [0.29, 0.717) is 17.2 Å². The van der Waals surface area contributed by atoms with E-state index in [4.69, 9.17) is 11.6 Å². The van der Waals surface area contributed by atoms with Gasteiger partial charge in [0.1, 0.15) is 0 Å². The van der Waals surface area contributed by atoms with Crippen LogP contribution in [0.5, 0.6) is 0 Å². The number of hydrogen-bond donors (Lipinski definition) is 0. The Bertz CT molecular complexity index is 546. The maximum atomic E-state index is 12.0. The van der Waals surface area contributed by atoms with Crippen molar-refractivity contribution < 1.29 is 8.42 Å². The molecular weight excluding hydrogens is 306 g/mol. The quantitative estimate of drug-likeness (QED) is 0.773. The zero-order valence-electron chi connectivity index (χ0n) is 12.8. The van der Waals surface area contributed by atoms with Gasteiger partial charge in [0.25, 0.3) is 0 Å². The van der Waals surface area contributed by atoms with E-state index in [2.05, 4.69) is 11.8 Å². The number of sulfone groups is 1. The van der Waals surface area contributed by atoms with Crippen molar-refractivity contribution in [2.24, 2.45) is 5.92 Å². The fraction of sp³-hybridized carbons (Fsp3) is 0.625. The second kappa shape index (κ2) is 7.01. The van der Waals surface area contributed by atoms with E-state index in [1.54, 1.807) is 12.1 Å². The van der Waals surface area contributed by atoms with Crippen molar-refractivity contribution in [2.45, 2.75) is 43.4 Å². The predicted molar refractivity (Wildman–Crippen MR) is 89.0 cm³/mol. The van der Waals surface area contributed by atoms with Crippen LogP contribution >= 0.6 is 11.6 Å². The lowest BCUT2D eigenvalue weighted by Gasteiger charge is -2.34. The largest absolute Gasteiger partial charge is 0.372 e. The molecule has 0 N–H and O–H groups in total. The minimum atomic E-state index is -3.11. The molecule has 1 aliphatic heterocycles.